The largest absolute Gasteiger partial charge is 0.388 e. The van der Waals surface area contributed by atoms with E-state index in [1.54, 1.807) is 24.5 Å². The van der Waals surface area contributed by atoms with E-state index in [2.05, 4.69) is 21.8 Å². The van der Waals surface area contributed by atoms with E-state index in [9.17, 15) is 5.11 Å². The summed E-state index contributed by atoms with van der Waals surface area (Å²) in [7, 11) is 2.17. The summed E-state index contributed by atoms with van der Waals surface area (Å²) in [5.41, 5.74) is 0. The van der Waals surface area contributed by atoms with Crippen LogP contribution in [0.3, 0.4) is 0 Å². The number of likely N-dealkylation sites (N-methyl/N-ethyl adjacent to an activating group) is 1. The lowest BCUT2D eigenvalue weighted by molar-refractivity contribution is 0.155. The highest BCUT2D eigenvalue weighted by Gasteiger charge is 2.14. The number of hydrogen-bond donors (Lipinski definition) is 1. The number of aliphatic hydroxyl groups is 1. The van der Waals surface area contributed by atoms with Crippen molar-refractivity contribution in [1.29, 1.82) is 0 Å². The van der Waals surface area contributed by atoms with Gasteiger partial charge in [0.1, 0.15) is 0 Å². The van der Waals surface area contributed by atoms with Gasteiger partial charge in [-0.1, -0.05) is 0 Å². The molecule has 17 heavy (non-hydrogen) atoms. The van der Waals surface area contributed by atoms with Crippen molar-refractivity contribution in [3.8, 4) is 0 Å². The highest BCUT2D eigenvalue weighted by atomic mass is 32.1. The molecule has 1 fully saturated rings. The predicted molar refractivity (Wildman–Crippen MR) is 70.4 cm³/mol. The Morgan fingerprint density at radius 3 is 2.71 bits per heavy atom. The Morgan fingerprint density at radius 2 is 2.12 bits per heavy atom. The van der Waals surface area contributed by atoms with Gasteiger partial charge >= 0.3 is 0 Å². The van der Waals surface area contributed by atoms with Gasteiger partial charge < -0.3 is 14.9 Å². The second-order valence-corrected chi connectivity index (χ2v) is 5.87. The summed E-state index contributed by atoms with van der Waals surface area (Å²) in [6, 6.07) is 0. The van der Waals surface area contributed by atoms with Crippen LogP contribution in [0.4, 0.5) is 0 Å². The maximum absolute atomic E-state index is 9.44. The van der Waals surface area contributed by atoms with Crippen molar-refractivity contribution in [2.24, 2.45) is 0 Å². The number of aromatic nitrogens is 1. The maximum Gasteiger partial charge on any atom is 0.0941 e. The Hall–Kier alpha value is -0.490. The summed E-state index contributed by atoms with van der Waals surface area (Å²) in [6.07, 6.45) is 2.42. The highest BCUT2D eigenvalue weighted by molar-refractivity contribution is 7.11. The van der Waals surface area contributed by atoms with Gasteiger partial charge in [0.05, 0.1) is 16.0 Å². The zero-order valence-electron chi connectivity index (χ0n) is 10.6. The molecule has 2 heterocycles. The maximum atomic E-state index is 9.44. The molecule has 1 aromatic rings. The van der Waals surface area contributed by atoms with Crippen molar-refractivity contribution >= 4 is 11.3 Å². The van der Waals surface area contributed by atoms with Crippen LogP contribution in [0.5, 0.6) is 0 Å². The van der Waals surface area contributed by atoms with E-state index in [1.165, 1.54) is 0 Å². The summed E-state index contributed by atoms with van der Waals surface area (Å²) in [5.74, 6) is 0. The number of hydrogen-bond acceptors (Lipinski definition) is 5. The van der Waals surface area contributed by atoms with Gasteiger partial charge in [0, 0.05) is 45.3 Å². The second-order valence-electron chi connectivity index (χ2n) is 4.73. The van der Waals surface area contributed by atoms with Gasteiger partial charge in [-0.2, -0.15) is 0 Å². The summed E-state index contributed by atoms with van der Waals surface area (Å²) in [5, 5.41) is 10.6. The van der Waals surface area contributed by atoms with Crippen LogP contribution in [0.1, 0.15) is 22.9 Å². The molecule has 5 heteroatoms. The quantitative estimate of drug-likeness (QED) is 0.871. The fraction of sp³-hybridized carbons (Fsp3) is 0.750. The molecule has 1 unspecified atom stereocenters. The Bertz CT molecular complexity index is 345. The van der Waals surface area contributed by atoms with Crippen molar-refractivity contribution in [2.75, 3.05) is 39.8 Å². The molecule has 0 amide bonds. The first-order valence-electron chi connectivity index (χ1n) is 6.18. The van der Waals surface area contributed by atoms with E-state index in [-0.39, 0.29) is 6.10 Å². The highest BCUT2D eigenvalue weighted by Crippen LogP contribution is 2.20. The van der Waals surface area contributed by atoms with Gasteiger partial charge in [-0.05, 0) is 14.0 Å². The van der Waals surface area contributed by atoms with Gasteiger partial charge in [-0.3, -0.25) is 0 Å². The normalized spacial score (nSPS) is 20.6. The van der Waals surface area contributed by atoms with Crippen LogP contribution < -0.4 is 0 Å². The number of thiazole rings is 1. The van der Waals surface area contributed by atoms with E-state index in [1.807, 2.05) is 0 Å². The molecular weight excluding hydrogens is 234 g/mol. The first-order valence-corrected chi connectivity index (χ1v) is 7.00. The van der Waals surface area contributed by atoms with E-state index in [4.69, 9.17) is 0 Å². The van der Waals surface area contributed by atoms with Crippen LogP contribution in [0.2, 0.25) is 0 Å². The third kappa shape index (κ3) is 3.74. The third-order valence-electron chi connectivity index (χ3n) is 3.22. The Kier molecular flexibility index (Phi) is 4.50. The lowest BCUT2D eigenvalue weighted by Gasteiger charge is -2.32. The SMILES string of the molecule is CC(O)c1cnc(CCN2CCN(C)CC2)s1. The molecular formula is C12H21N3OS. The van der Waals surface area contributed by atoms with Crippen LogP contribution in [-0.4, -0.2) is 59.7 Å². The summed E-state index contributed by atoms with van der Waals surface area (Å²) in [4.78, 5) is 10.2. The molecule has 0 aromatic carbocycles. The van der Waals surface area contributed by atoms with Crippen LogP contribution in [0.25, 0.3) is 0 Å². The molecule has 1 atom stereocenters. The molecule has 0 bridgehead atoms. The average molecular weight is 255 g/mol. The number of piperazine rings is 1. The summed E-state index contributed by atoms with van der Waals surface area (Å²) >= 11 is 1.63. The zero-order chi connectivity index (χ0) is 12.3. The van der Waals surface area contributed by atoms with Crippen molar-refractivity contribution < 1.29 is 5.11 Å². The second kappa shape index (κ2) is 5.91. The molecule has 0 saturated carbocycles. The molecule has 1 N–H and O–H groups in total. The zero-order valence-corrected chi connectivity index (χ0v) is 11.4. The molecule has 96 valence electrons. The minimum absolute atomic E-state index is 0.384. The van der Waals surface area contributed by atoms with E-state index in [0.29, 0.717) is 0 Å². The predicted octanol–water partition coefficient (Wildman–Crippen LogP) is 0.986. The van der Waals surface area contributed by atoms with Gasteiger partial charge in [-0.15, -0.1) is 11.3 Å². The van der Waals surface area contributed by atoms with Crippen LogP contribution in [0, 0.1) is 0 Å². The molecule has 4 nitrogen and oxygen atoms in total. The lowest BCUT2D eigenvalue weighted by atomic mass is 10.3. The van der Waals surface area contributed by atoms with Gasteiger partial charge in [0.2, 0.25) is 0 Å². The monoisotopic (exact) mass is 255 g/mol. The van der Waals surface area contributed by atoms with Gasteiger partial charge in [-0.25, -0.2) is 4.98 Å². The molecule has 2 rings (SSSR count). The van der Waals surface area contributed by atoms with Crippen molar-refractivity contribution in [2.45, 2.75) is 19.4 Å². The fourth-order valence-electron chi connectivity index (χ4n) is 1.96. The lowest BCUT2D eigenvalue weighted by Crippen LogP contribution is -2.45. The third-order valence-corrected chi connectivity index (χ3v) is 4.45. The Balaban J connectivity index is 1.77. The molecule has 0 radical (unpaired) electrons. The number of rotatable bonds is 4. The minimum atomic E-state index is -0.384. The van der Waals surface area contributed by atoms with E-state index >= 15 is 0 Å². The average Bonchev–Trinajstić information content (AvgIpc) is 2.77. The first kappa shape index (κ1) is 13.0. The van der Waals surface area contributed by atoms with Gasteiger partial charge in [0.25, 0.3) is 0 Å². The molecule has 0 spiro atoms. The van der Waals surface area contributed by atoms with Crippen LogP contribution in [-0.2, 0) is 6.42 Å². The molecule has 1 aliphatic rings. The van der Waals surface area contributed by atoms with Gasteiger partial charge in [0.15, 0.2) is 0 Å². The molecule has 0 aliphatic carbocycles. The summed E-state index contributed by atoms with van der Waals surface area (Å²) in [6.45, 7) is 7.52. The molecule has 1 aliphatic heterocycles. The minimum Gasteiger partial charge on any atom is -0.388 e. The standard InChI is InChI=1S/C12H21N3OS/c1-10(16)11-9-13-12(17-11)3-4-15-7-5-14(2)6-8-15/h9-10,16H,3-8H2,1-2H3. The van der Waals surface area contributed by atoms with Crippen LogP contribution >= 0.6 is 11.3 Å². The van der Waals surface area contributed by atoms with E-state index in [0.717, 1.165) is 49.0 Å². The number of nitrogens with zero attached hydrogens (tertiary/aromatic N) is 3. The summed E-state index contributed by atoms with van der Waals surface area (Å²) < 4.78 is 0. The Labute approximate surface area is 107 Å². The van der Waals surface area contributed by atoms with Crippen molar-refractivity contribution in [3.63, 3.8) is 0 Å². The Morgan fingerprint density at radius 1 is 1.41 bits per heavy atom. The van der Waals surface area contributed by atoms with Crippen LogP contribution in [0.15, 0.2) is 6.20 Å². The van der Waals surface area contributed by atoms with E-state index < -0.39 is 0 Å². The smallest absolute Gasteiger partial charge is 0.0941 e. The van der Waals surface area contributed by atoms with Crippen molar-refractivity contribution in [1.82, 2.24) is 14.8 Å². The molecule has 1 saturated heterocycles. The fourth-order valence-corrected chi connectivity index (χ4v) is 2.81. The molecule has 1 aromatic heterocycles. The first-order chi connectivity index (χ1) is 8.15. The topological polar surface area (TPSA) is 39.6 Å². The number of aliphatic hydroxyl groups excluding tert-OH is 1. The van der Waals surface area contributed by atoms with Crippen molar-refractivity contribution in [3.05, 3.63) is 16.1 Å².